The van der Waals surface area contributed by atoms with Crippen molar-refractivity contribution in [2.45, 2.75) is 29.7 Å². The zero-order valence-electron chi connectivity index (χ0n) is 21.1. The summed E-state index contributed by atoms with van der Waals surface area (Å²) >= 11 is 0. The minimum atomic E-state index is -4.07. The van der Waals surface area contributed by atoms with E-state index >= 15 is 0 Å². The number of sulfonamides is 1. The van der Waals surface area contributed by atoms with Crippen LogP contribution in [0.3, 0.4) is 0 Å². The molecule has 0 bridgehead atoms. The second-order valence-electron chi connectivity index (χ2n) is 9.64. The first-order valence-electron chi connectivity index (χ1n) is 12.5. The zero-order valence-corrected chi connectivity index (χ0v) is 21.9. The van der Waals surface area contributed by atoms with Gasteiger partial charge in [-0.1, -0.05) is 60.7 Å². The SMILES string of the molecule is Cc1ccccc1S(=O)(=O)NC(=O)N[C@]1(c2nccn2-c2ccc(-c3ccoc3)cc2)CC1c1ccccc1. The number of benzene rings is 3. The van der Waals surface area contributed by atoms with E-state index in [1.54, 1.807) is 43.8 Å². The van der Waals surface area contributed by atoms with Crippen molar-refractivity contribution in [3.8, 4) is 16.8 Å². The smallest absolute Gasteiger partial charge is 0.329 e. The molecule has 6 rings (SSSR count). The third kappa shape index (κ3) is 4.61. The van der Waals surface area contributed by atoms with Crippen molar-refractivity contribution in [1.82, 2.24) is 19.6 Å². The van der Waals surface area contributed by atoms with Crippen LogP contribution < -0.4 is 10.0 Å². The van der Waals surface area contributed by atoms with Gasteiger partial charge in [0.1, 0.15) is 11.4 Å². The molecule has 0 aliphatic heterocycles. The normalized spacial score (nSPS) is 18.4. The van der Waals surface area contributed by atoms with E-state index in [0.29, 0.717) is 17.8 Å². The largest absolute Gasteiger partial charge is 0.472 e. The minimum absolute atomic E-state index is 0.0591. The fourth-order valence-electron chi connectivity index (χ4n) is 5.14. The van der Waals surface area contributed by atoms with Crippen LogP contribution in [0, 0.1) is 6.92 Å². The molecule has 1 fully saturated rings. The summed E-state index contributed by atoms with van der Waals surface area (Å²) in [5.41, 5.74) is 3.53. The molecule has 2 heterocycles. The topological polar surface area (TPSA) is 106 Å². The molecule has 5 aromatic rings. The van der Waals surface area contributed by atoms with Gasteiger partial charge >= 0.3 is 6.03 Å². The summed E-state index contributed by atoms with van der Waals surface area (Å²) < 4.78 is 35.4. The van der Waals surface area contributed by atoms with Crippen LogP contribution in [-0.4, -0.2) is 24.0 Å². The van der Waals surface area contributed by atoms with Gasteiger partial charge in [-0.05, 0) is 54.3 Å². The maximum Gasteiger partial charge on any atom is 0.329 e. The lowest BCUT2D eigenvalue weighted by Crippen LogP contribution is -2.46. The average molecular weight is 539 g/mol. The Morgan fingerprint density at radius 2 is 1.72 bits per heavy atom. The second-order valence-corrected chi connectivity index (χ2v) is 11.3. The number of hydrogen-bond donors (Lipinski definition) is 2. The van der Waals surface area contributed by atoms with Crippen molar-refractivity contribution >= 4 is 16.1 Å². The molecule has 2 amide bonds. The predicted molar refractivity (Wildman–Crippen MR) is 147 cm³/mol. The Labute approximate surface area is 226 Å². The van der Waals surface area contributed by atoms with Crippen molar-refractivity contribution in [2.24, 2.45) is 0 Å². The Morgan fingerprint density at radius 3 is 2.44 bits per heavy atom. The lowest BCUT2D eigenvalue weighted by atomic mass is 10.0. The van der Waals surface area contributed by atoms with Crippen molar-refractivity contribution in [1.29, 1.82) is 0 Å². The molecule has 0 saturated heterocycles. The molecule has 9 heteroatoms. The zero-order chi connectivity index (χ0) is 27.0. The van der Waals surface area contributed by atoms with Crippen molar-refractivity contribution in [3.63, 3.8) is 0 Å². The summed E-state index contributed by atoms with van der Waals surface area (Å²) in [7, 11) is -4.07. The molecular weight excluding hydrogens is 512 g/mol. The van der Waals surface area contributed by atoms with Crippen LogP contribution in [0.4, 0.5) is 4.79 Å². The number of urea groups is 1. The predicted octanol–water partition coefficient (Wildman–Crippen LogP) is 5.51. The average Bonchev–Trinajstić information content (AvgIpc) is 3.30. The molecule has 1 saturated carbocycles. The summed E-state index contributed by atoms with van der Waals surface area (Å²) in [6.07, 6.45) is 7.42. The molecule has 39 heavy (non-hydrogen) atoms. The molecule has 1 aliphatic rings. The maximum absolute atomic E-state index is 13.2. The van der Waals surface area contributed by atoms with Gasteiger partial charge in [0.05, 0.1) is 17.4 Å². The van der Waals surface area contributed by atoms with Crippen LogP contribution in [-0.2, 0) is 15.6 Å². The molecule has 0 spiro atoms. The van der Waals surface area contributed by atoms with E-state index in [-0.39, 0.29) is 10.8 Å². The number of nitrogens with zero attached hydrogens (tertiary/aromatic N) is 2. The van der Waals surface area contributed by atoms with E-state index in [1.165, 1.54) is 6.07 Å². The van der Waals surface area contributed by atoms with Gasteiger partial charge in [0.25, 0.3) is 10.0 Å². The summed E-state index contributed by atoms with van der Waals surface area (Å²) in [6, 6.07) is 25.4. The third-order valence-electron chi connectivity index (χ3n) is 7.15. The van der Waals surface area contributed by atoms with Crippen LogP contribution >= 0.6 is 0 Å². The summed E-state index contributed by atoms with van der Waals surface area (Å²) in [5, 5.41) is 2.98. The summed E-state index contributed by atoms with van der Waals surface area (Å²) in [6.45, 7) is 1.69. The van der Waals surface area contributed by atoms with Crippen LogP contribution in [0.5, 0.6) is 0 Å². The Balaban J connectivity index is 1.33. The van der Waals surface area contributed by atoms with Gasteiger partial charge in [0.2, 0.25) is 0 Å². The molecule has 2 aromatic heterocycles. The number of carbonyl (C=O) groups is 1. The highest BCUT2D eigenvalue weighted by atomic mass is 32.2. The van der Waals surface area contributed by atoms with Crippen LogP contribution in [0.25, 0.3) is 16.8 Å². The molecule has 2 N–H and O–H groups in total. The molecule has 196 valence electrons. The Bertz CT molecular complexity index is 1730. The van der Waals surface area contributed by atoms with E-state index in [4.69, 9.17) is 4.42 Å². The number of furan rings is 1. The Hall–Kier alpha value is -4.63. The monoisotopic (exact) mass is 538 g/mol. The standard InChI is InChI=1S/C30H26N4O4S/c1-21-7-5-6-10-27(21)39(36,37)33-29(35)32-30(19-26(30)23-8-3-2-4-9-23)28-31-16-17-34(28)25-13-11-22(12-14-25)24-15-18-38-20-24/h2-18,20,26H,19H2,1H3,(H2,32,33,35)/t26?,30-/m1/s1. The highest BCUT2D eigenvalue weighted by molar-refractivity contribution is 7.90. The molecular formula is C30H26N4O4S. The van der Waals surface area contributed by atoms with Crippen molar-refractivity contribution < 1.29 is 17.6 Å². The number of aryl methyl sites for hydroxylation is 1. The molecule has 1 unspecified atom stereocenters. The van der Waals surface area contributed by atoms with Gasteiger partial charge in [-0.3, -0.25) is 0 Å². The van der Waals surface area contributed by atoms with E-state index in [0.717, 1.165) is 22.4 Å². The summed E-state index contributed by atoms with van der Waals surface area (Å²) in [4.78, 5) is 18.0. The maximum atomic E-state index is 13.2. The number of rotatable bonds is 7. The fraction of sp³-hybridized carbons (Fsp3) is 0.133. The van der Waals surface area contributed by atoms with Crippen molar-refractivity contribution in [2.75, 3.05) is 0 Å². The van der Waals surface area contributed by atoms with E-state index in [9.17, 15) is 13.2 Å². The Morgan fingerprint density at radius 1 is 0.974 bits per heavy atom. The summed E-state index contributed by atoms with van der Waals surface area (Å²) in [5.74, 6) is 0.535. The van der Waals surface area contributed by atoms with Crippen molar-refractivity contribution in [3.05, 3.63) is 127 Å². The number of aromatic nitrogens is 2. The first kappa shape index (κ1) is 24.7. The van der Waals surface area contributed by atoms with Crippen LogP contribution in [0.2, 0.25) is 0 Å². The number of carbonyl (C=O) groups excluding carboxylic acids is 1. The van der Waals surface area contributed by atoms with Gasteiger partial charge in [-0.15, -0.1) is 0 Å². The van der Waals surface area contributed by atoms with Crippen LogP contribution in [0.15, 0.2) is 119 Å². The van der Waals surface area contributed by atoms with Gasteiger partial charge in [-0.2, -0.15) is 0 Å². The fourth-order valence-corrected chi connectivity index (χ4v) is 6.29. The molecule has 3 aromatic carbocycles. The van der Waals surface area contributed by atoms with E-state index in [2.05, 4.69) is 15.0 Å². The third-order valence-corrected chi connectivity index (χ3v) is 8.64. The number of nitrogens with one attached hydrogen (secondary N) is 2. The molecule has 0 radical (unpaired) electrons. The van der Waals surface area contributed by atoms with E-state index in [1.807, 2.05) is 71.4 Å². The number of amides is 2. The lowest BCUT2D eigenvalue weighted by Gasteiger charge is -2.22. The molecule has 8 nitrogen and oxygen atoms in total. The lowest BCUT2D eigenvalue weighted by molar-refractivity contribution is 0.239. The Kier molecular flexibility index (Phi) is 6.07. The number of hydrogen-bond acceptors (Lipinski definition) is 5. The highest BCUT2D eigenvalue weighted by Crippen LogP contribution is 2.58. The quantitative estimate of drug-likeness (QED) is 0.284. The molecule has 2 atom stereocenters. The first-order valence-corrected chi connectivity index (χ1v) is 14.0. The highest BCUT2D eigenvalue weighted by Gasteiger charge is 2.60. The van der Waals surface area contributed by atoms with Gasteiger partial charge in [0, 0.05) is 29.6 Å². The van der Waals surface area contributed by atoms with Crippen LogP contribution in [0.1, 0.15) is 29.3 Å². The van der Waals surface area contributed by atoms with E-state index < -0.39 is 21.6 Å². The van der Waals surface area contributed by atoms with Gasteiger partial charge in [-0.25, -0.2) is 22.9 Å². The minimum Gasteiger partial charge on any atom is -0.472 e. The molecule has 1 aliphatic carbocycles. The second kappa shape index (κ2) is 9.59. The van der Waals surface area contributed by atoms with Gasteiger partial charge < -0.3 is 14.3 Å². The van der Waals surface area contributed by atoms with Gasteiger partial charge in [0.15, 0.2) is 0 Å². The number of imidazole rings is 1. The first-order chi connectivity index (χ1) is 18.9.